The Morgan fingerprint density at radius 3 is 2.70 bits per heavy atom. The van der Waals surface area contributed by atoms with E-state index >= 15 is 0 Å². The van der Waals surface area contributed by atoms with Crippen LogP contribution in [0.4, 0.5) is 10.2 Å². The number of likely N-dealkylation sites (tertiary alicyclic amines) is 1. The number of primary amides is 1. The molecule has 0 radical (unpaired) electrons. The van der Waals surface area contributed by atoms with E-state index in [-0.39, 0.29) is 31.0 Å². The van der Waals surface area contributed by atoms with Crippen LogP contribution in [-0.4, -0.2) is 56.1 Å². The summed E-state index contributed by atoms with van der Waals surface area (Å²) in [7, 11) is 0. The quantitative estimate of drug-likeness (QED) is 0.403. The average Bonchev–Trinajstić information content (AvgIpc) is 3.43. The van der Waals surface area contributed by atoms with E-state index in [1.807, 2.05) is 0 Å². The molecule has 0 saturated carbocycles. The van der Waals surface area contributed by atoms with Gasteiger partial charge in [-0.25, -0.2) is 4.39 Å². The third-order valence-corrected chi connectivity index (χ3v) is 6.02. The summed E-state index contributed by atoms with van der Waals surface area (Å²) >= 11 is 0. The SMILES string of the molecule is C=C/C=C(\C=C)c1ccc2c(c1)c(C(N)=O)nn2CC(=O)N1C[C@H](F)C[C@H]1C(=O)Nc1cccc(=O)[nH]1. The lowest BCUT2D eigenvalue weighted by atomic mass is 10.0. The Morgan fingerprint density at radius 2 is 2.03 bits per heavy atom. The standard InChI is InChI=1S/C26H25FN6O4/c1-3-6-15(4-2)16-9-10-19-18(11-16)24(25(28)36)31-33(19)14-23(35)32-13-17(27)12-20(32)26(37)30-21-7-5-8-22(34)29-21/h3-11,17,20H,1-2,12-14H2,(H2,28,36)(H2,29,30,34,37)/b15-6+/t17-,20+/m1/s1. The maximum absolute atomic E-state index is 14.3. The number of benzene rings is 1. The second kappa shape index (κ2) is 10.4. The number of rotatable bonds is 8. The number of aromatic amines is 1. The largest absolute Gasteiger partial charge is 0.364 e. The maximum Gasteiger partial charge on any atom is 0.269 e. The van der Waals surface area contributed by atoms with E-state index in [2.05, 4.69) is 28.6 Å². The van der Waals surface area contributed by atoms with Crippen LogP contribution in [0.3, 0.4) is 0 Å². The Bertz CT molecular complexity index is 1500. The third-order valence-electron chi connectivity index (χ3n) is 6.02. The molecule has 0 spiro atoms. The summed E-state index contributed by atoms with van der Waals surface area (Å²) < 4.78 is 15.6. The van der Waals surface area contributed by atoms with Gasteiger partial charge < -0.3 is 20.9 Å². The van der Waals surface area contributed by atoms with Gasteiger partial charge in [-0.2, -0.15) is 5.10 Å². The minimum atomic E-state index is -1.40. The fourth-order valence-electron chi connectivity index (χ4n) is 4.34. The van der Waals surface area contributed by atoms with E-state index in [0.717, 1.165) is 16.0 Å². The Hall–Kier alpha value is -4.80. The molecule has 11 heteroatoms. The maximum atomic E-state index is 14.3. The van der Waals surface area contributed by atoms with Crippen molar-refractivity contribution in [3.05, 3.63) is 89.4 Å². The third kappa shape index (κ3) is 5.25. The molecule has 0 unspecified atom stereocenters. The zero-order valence-corrected chi connectivity index (χ0v) is 19.8. The van der Waals surface area contributed by atoms with Crippen molar-refractivity contribution in [2.24, 2.45) is 5.73 Å². The van der Waals surface area contributed by atoms with Crippen molar-refractivity contribution in [1.29, 1.82) is 0 Å². The summed E-state index contributed by atoms with van der Waals surface area (Å²) in [6.07, 6.45) is 3.40. The summed E-state index contributed by atoms with van der Waals surface area (Å²) in [5.74, 6) is -1.84. The Labute approximate surface area is 210 Å². The lowest BCUT2D eigenvalue weighted by Gasteiger charge is -2.23. The van der Waals surface area contributed by atoms with Crippen LogP contribution in [0.15, 0.2) is 72.6 Å². The highest BCUT2D eigenvalue weighted by molar-refractivity contribution is 6.05. The van der Waals surface area contributed by atoms with Crippen LogP contribution >= 0.6 is 0 Å². The predicted octanol–water partition coefficient (Wildman–Crippen LogP) is 2.16. The van der Waals surface area contributed by atoms with E-state index in [1.165, 1.54) is 22.9 Å². The first-order valence-electron chi connectivity index (χ1n) is 11.4. The van der Waals surface area contributed by atoms with Crippen LogP contribution in [0.5, 0.6) is 0 Å². The molecule has 2 aromatic heterocycles. The normalized spacial score (nSPS) is 17.5. The second-order valence-electron chi connectivity index (χ2n) is 8.48. The van der Waals surface area contributed by atoms with Crippen molar-refractivity contribution in [3.63, 3.8) is 0 Å². The van der Waals surface area contributed by atoms with E-state index in [4.69, 9.17) is 5.73 Å². The Balaban J connectivity index is 1.62. The van der Waals surface area contributed by atoms with Crippen LogP contribution in [0.2, 0.25) is 0 Å². The van der Waals surface area contributed by atoms with Crippen molar-refractivity contribution < 1.29 is 18.8 Å². The molecule has 4 rings (SSSR count). The number of anilines is 1. The number of hydrogen-bond donors (Lipinski definition) is 3. The van der Waals surface area contributed by atoms with E-state index in [9.17, 15) is 23.6 Å². The van der Waals surface area contributed by atoms with Crippen molar-refractivity contribution in [3.8, 4) is 0 Å². The zero-order chi connectivity index (χ0) is 26.7. The number of H-pyrrole nitrogens is 1. The summed E-state index contributed by atoms with van der Waals surface area (Å²) in [5.41, 5.74) is 7.06. The molecular formula is C26H25FN6O4. The van der Waals surface area contributed by atoms with Crippen LogP contribution < -0.4 is 16.6 Å². The van der Waals surface area contributed by atoms with Gasteiger partial charge in [0.15, 0.2) is 5.69 Å². The molecule has 3 aromatic rings. The molecule has 2 atom stereocenters. The first-order valence-corrected chi connectivity index (χ1v) is 11.4. The molecule has 37 heavy (non-hydrogen) atoms. The van der Waals surface area contributed by atoms with Gasteiger partial charge in [0.1, 0.15) is 24.6 Å². The number of pyridine rings is 1. The van der Waals surface area contributed by atoms with Gasteiger partial charge in [-0.15, -0.1) is 0 Å². The van der Waals surface area contributed by atoms with Gasteiger partial charge in [0.25, 0.3) is 5.91 Å². The van der Waals surface area contributed by atoms with Gasteiger partial charge >= 0.3 is 0 Å². The van der Waals surface area contributed by atoms with E-state index < -0.39 is 35.5 Å². The summed E-state index contributed by atoms with van der Waals surface area (Å²) in [4.78, 5) is 53.2. The topological polar surface area (TPSA) is 143 Å². The molecular weight excluding hydrogens is 479 g/mol. The number of allylic oxidation sites excluding steroid dienone is 4. The number of nitrogens with zero attached hydrogens (tertiary/aromatic N) is 3. The van der Waals surface area contributed by atoms with Gasteiger partial charge in [0.05, 0.1) is 12.1 Å². The van der Waals surface area contributed by atoms with Gasteiger partial charge in [-0.3, -0.25) is 23.9 Å². The summed E-state index contributed by atoms with van der Waals surface area (Å²) in [6, 6.07) is 8.31. The molecule has 10 nitrogen and oxygen atoms in total. The first kappa shape index (κ1) is 25.3. The lowest BCUT2D eigenvalue weighted by Crippen LogP contribution is -2.44. The number of hydrogen-bond acceptors (Lipinski definition) is 5. The summed E-state index contributed by atoms with van der Waals surface area (Å²) in [5, 5.41) is 7.18. The molecule has 1 aliphatic heterocycles. The van der Waals surface area contributed by atoms with Crippen LogP contribution in [0.1, 0.15) is 22.5 Å². The molecule has 1 saturated heterocycles. The van der Waals surface area contributed by atoms with Crippen LogP contribution in [0, 0.1) is 0 Å². The van der Waals surface area contributed by atoms with Gasteiger partial charge in [0.2, 0.25) is 17.4 Å². The molecule has 190 valence electrons. The Morgan fingerprint density at radius 1 is 1.24 bits per heavy atom. The van der Waals surface area contributed by atoms with Crippen molar-refractivity contribution >= 4 is 40.0 Å². The van der Waals surface area contributed by atoms with Gasteiger partial charge in [-0.05, 0) is 29.3 Å². The number of aromatic nitrogens is 3. The number of nitrogens with two attached hydrogens (primary N) is 1. The monoisotopic (exact) mass is 504 g/mol. The predicted molar refractivity (Wildman–Crippen MR) is 137 cm³/mol. The Kier molecular flexibility index (Phi) is 7.14. The minimum Gasteiger partial charge on any atom is -0.364 e. The van der Waals surface area contributed by atoms with Crippen LogP contribution in [0.25, 0.3) is 16.5 Å². The molecule has 0 aliphatic carbocycles. The van der Waals surface area contributed by atoms with Gasteiger partial charge in [-0.1, -0.05) is 43.5 Å². The number of carbonyl (C=O) groups is 3. The highest BCUT2D eigenvalue weighted by Gasteiger charge is 2.40. The molecule has 3 heterocycles. The molecule has 1 fully saturated rings. The number of fused-ring (bicyclic) bond motifs is 1. The second-order valence-corrected chi connectivity index (χ2v) is 8.48. The molecule has 3 amide bonds. The van der Waals surface area contributed by atoms with Crippen molar-refractivity contribution in [1.82, 2.24) is 19.7 Å². The molecule has 1 aromatic carbocycles. The smallest absolute Gasteiger partial charge is 0.269 e. The lowest BCUT2D eigenvalue weighted by molar-refractivity contribution is -0.137. The van der Waals surface area contributed by atoms with Crippen molar-refractivity contribution in [2.75, 3.05) is 11.9 Å². The number of halogens is 1. The van der Waals surface area contributed by atoms with Crippen LogP contribution in [-0.2, 0) is 16.1 Å². The fraction of sp³-hybridized carbons (Fsp3) is 0.192. The highest BCUT2D eigenvalue weighted by Crippen LogP contribution is 2.26. The first-order chi connectivity index (χ1) is 17.7. The van der Waals surface area contributed by atoms with Crippen molar-refractivity contribution in [2.45, 2.75) is 25.2 Å². The number of nitrogens with one attached hydrogen (secondary N) is 2. The number of carbonyl (C=O) groups excluding carboxylic acids is 3. The fourth-order valence-corrected chi connectivity index (χ4v) is 4.34. The minimum absolute atomic E-state index is 0.0289. The molecule has 4 N–H and O–H groups in total. The highest BCUT2D eigenvalue weighted by atomic mass is 19.1. The number of amides is 3. The number of alkyl halides is 1. The molecule has 1 aliphatic rings. The van der Waals surface area contributed by atoms with E-state index in [1.54, 1.807) is 36.4 Å². The average molecular weight is 505 g/mol. The van der Waals surface area contributed by atoms with Gasteiger partial charge in [0, 0.05) is 17.9 Å². The summed E-state index contributed by atoms with van der Waals surface area (Å²) in [6.45, 7) is 6.84. The zero-order valence-electron chi connectivity index (χ0n) is 19.8. The van der Waals surface area contributed by atoms with E-state index in [0.29, 0.717) is 10.9 Å². The molecule has 0 bridgehead atoms.